The number of rotatable bonds is 4. The fourth-order valence-electron chi connectivity index (χ4n) is 1.55. The Balaban J connectivity index is 2.79. The van der Waals surface area contributed by atoms with E-state index in [9.17, 15) is 13.5 Å². The van der Waals surface area contributed by atoms with Crippen LogP contribution in [0.3, 0.4) is 0 Å². The SMILES string of the molecule is CC(C)(O)C(C)(C)NS(=O)(=O)C1CCOCC1. The van der Waals surface area contributed by atoms with E-state index in [1.807, 2.05) is 0 Å². The zero-order chi connectivity index (χ0) is 13.3. The van der Waals surface area contributed by atoms with Crippen molar-refractivity contribution in [1.82, 2.24) is 4.72 Å². The first-order valence-electron chi connectivity index (χ1n) is 5.89. The number of hydrogen-bond donors (Lipinski definition) is 2. The molecule has 1 aliphatic rings. The Labute approximate surface area is 104 Å². The summed E-state index contributed by atoms with van der Waals surface area (Å²) < 4.78 is 32.1. The lowest BCUT2D eigenvalue weighted by atomic mass is 9.87. The molecule has 5 nitrogen and oxygen atoms in total. The van der Waals surface area contributed by atoms with E-state index in [0.29, 0.717) is 26.1 Å². The minimum atomic E-state index is -3.41. The molecule has 1 heterocycles. The third-order valence-electron chi connectivity index (χ3n) is 3.53. The normalized spacial score (nSPS) is 20.5. The third kappa shape index (κ3) is 3.64. The number of ether oxygens (including phenoxy) is 1. The molecular weight excluding hydrogens is 242 g/mol. The fraction of sp³-hybridized carbons (Fsp3) is 1.00. The van der Waals surface area contributed by atoms with Gasteiger partial charge in [-0.2, -0.15) is 0 Å². The highest BCUT2D eigenvalue weighted by Crippen LogP contribution is 2.24. The van der Waals surface area contributed by atoms with Crippen molar-refractivity contribution in [3.8, 4) is 0 Å². The first-order chi connectivity index (χ1) is 7.56. The van der Waals surface area contributed by atoms with Crippen molar-refractivity contribution in [2.24, 2.45) is 0 Å². The Kier molecular flexibility index (Phi) is 4.24. The van der Waals surface area contributed by atoms with E-state index in [-0.39, 0.29) is 0 Å². The Hall–Kier alpha value is -0.170. The van der Waals surface area contributed by atoms with Crippen molar-refractivity contribution < 1.29 is 18.3 Å². The average Bonchev–Trinajstić information content (AvgIpc) is 2.15. The zero-order valence-corrected chi connectivity index (χ0v) is 11.8. The van der Waals surface area contributed by atoms with E-state index >= 15 is 0 Å². The molecule has 0 atom stereocenters. The molecule has 0 aliphatic carbocycles. The monoisotopic (exact) mass is 265 g/mol. The average molecular weight is 265 g/mol. The smallest absolute Gasteiger partial charge is 0.215 e. The van der Waals surface area contributed by atoms with Crippen molar-refractivity contribution in [3.63, 3.8) is 0 Å². The van der Waals surface area contributed by atoms with Gasteiger partial charge < -0.3 is 9.84 Å². The molecule has 2 N–H and O–H groups in total. The van der Waals surface area contributed by atoms with Gasteiger partial charge >= 0.3 is 0 Å². The van der Waals surface area contributed by atoms with Crippen LogP contribution in [0.1, 0.15) is 40.5 Å². The lowest BCUT2D eigenvalue weighted by molar-refractivity contribution is 0.00600. The molecule has 102 valence electrons. The maximum Gasteiger partial charge on any atom is 0.215 e. The number of sulfonamides is 1. The van der Waals surface area contributed by atoms with Crippen LogP contribution in [-0.4, -0.2) is 43.1 Å². The van der Waals surface area contributed by atoms with Gasteiger partial charge in [0, 0.05) is 13.2 Å². The van der Waals surface area contributed by atoms with E-state index in [4.69, 9.17) is 4.74 Å². The number of aliphatic hydroxyl groups is 1. The van der Waals surface area contributed by atoms with Gasteiger partial charge in [-0.3, -0.25) is 0 Å². The molecule has 0 spiro atoms. The summed E-state index contributed by atoms with van der Waals surface area (Å²) in [4.78, 5) is 0. The first-order valence-corrected chi connectivity index (χ1v) is 7.44. The maximum atomic E-state index is 12.2. The quantitative estimate of drug-likeness (QED) is 0.782. The maximum absolute atomic E-state index is 12.2. The fourth-order valence-corrected chi connectivity index (χ4v) is 3.49. The van der Waals surface area contributed by atoms with Crippen LogP contribution in [0.5, 0.6) is 0 Å². The van der Waals surface area contributed by atoms with Crippen LogP contribution in [-0.2, 0) is 14.8 Å². The molecule has 6 heteroatoms. The predicted octanol–water partition coefficient (Wildman–Crippen LogP) is 0.634. The van der Waals surface area contributed by atoms with E-state index in [1.54, 1.807) is 27.7 Å². The van der Waals surface area contributed by atoms with Gasteiger partial charge in [0.25, 0.3) is 0 Å². The summed E-state index contributed by atoms with van der Waals surface area (Å²) in [6.07, 6.45) is 1.02. The molecule has 1 aliphatic heterocycles. The highest BCUT2D eigenvalue weighted by Gasteiger charge is 2.40. The minimum Gasteiger partial charge on any atom is -0.389 e. The summed E-state index contributed by atoms with van der Waals surface area (Å²) >= 11 is 0. The van der Waals surface area contributed by atoms with Crippen LogP contribution in [0.2, 0.25) is 0 Å². The topological polar surface area (TPSA) is 75.6 Å². The second-order valence-electron chi connectivity index (χ2n) is 5.64. The van der Waals surface area contributed by atoms with Gasteiger partial charge in [-0.15, -0.1) is 0 Å². The lowest BCUT2D eigenvalue weighted by Gasteiger charge is -2.39. The van der Waals surface area contributed by atoms with Crippen LogP contribution in [0, 0.1) is 0 Å². The third-order valence-corrected chi connectivity index (χ3v) is 5.68. The van der Waals surface area contributed by atoms with E-state index in [2.05, 4.69) is 4.72 Å². The Morgan fingerprint density at radius 3 is 2.06 bits per heavy atom. The summed E-state index contributed by atoms with van der Waals surface area (Å²) in [5.41, 5.74) is -2.02. The standard InChI is InChI=1S/C11H23NO4S/c1-10(2,11(3,4)13)12-17(14,15)9-5-7-16-8-6-9/h9,12-13H,5-8H2,1-4H3. The van der Waals surface area contributed by atoms with Crippen molar-refractivity contribution in [1.29, 1.82) is 0 Å². The molecule has 0 radical (unpaired) electrons. The van der Waals surface area contributed by atoms with Gasteiger partial charge in [-0.25, -0.2) is 13.1 Å². The zero-order valence-electron chi connectivity index (χ0n) is 11.0. The van der Waals surface area contributed by atoms with Crippen molar-refractivity contribution in [3.05, 3.63) is 0 Å². The highest BCUT2D eigenvalue weighted by atomic mass is 32.2. The summed E-state index contributed by atoms with van der Waals surface area (Å²) in [5.74, 6) is 0. The van der Waals surface area contributed by atoms with Gasteiger partial charge in [0.15, 0.2) is 0 Å². The van der Waals surface area contributed by atoms with Gasteiger partial charge in [0.05, 0.1) is 16.4 Å². The van der Waals surface area contributed by atoms with Crippen LogP contribution in [0.15, 0.2) is 0 Å². The Morgan fingerprint density at radius 1 is 1.18 bits per heavy atom. The number of hydrogen-bond acceptors (Lipinski definition) is 4. The van der Waals surface area contributed by atoms with E-state index in [0.717, 1.165) is 0 Å². The Bertz CT molecular complexity index is 350. The van der Waals surface area contributed by atoms with Crippen molar-refractivity contribution >= 4 is 10.0 Å². The Morgan fingerprint density at radius 2 is 1.65 bits per heavy atom. The van der Waals surface area contributed by atoms with Crippen molar-refractivity contribution in [2.45, 2.75) is 56.9 Å². The van der Waals surface area contributed by atoms with E-state index < -0.39 is 26.4 Å². The molecule has 0 aromatic heterocycles. The molecule has 0 unspecified atom stereocenters. The summed E-state index contributed by atoms with van der Waals surface area (Å²) in [5, 5.41) is 9.54. The second-order valence-corrected chi connectivity index (χ2v) is 7.60. The first kappa shape index (κ1) is 14.9. The van der Waals surface area contributed by atoms with Gasteiger partial charge in [-0.1, -0.05) is 0 Å². The highest BCUT2D eigenvalue weighted by molar-refractivity contribution is 7.90. The molecule has 1 saturated heterocycles. The molecule has 1 rings (SSSR count). The minimum absolute atomic E-state index is 0.419. The summed E-state index contributed by atoms with van der Waals surface area (Å²) in [6, 6.07) is 0. The molecule has 0 bridgehead atoms. The summed E-state index contributed by atoms with van der Waals surface area (Å²) in [7, 11) is -3.41. The second kappa shape index (κ2) is 4.84. The molecule has 17 heavy (non-hydrogen) atoms. The predicted molar refractivity (Wildman–Crippen MR) is 66.3 cm³/mol. The molecule has 0 saturated carbocycles. The van der Waals surface area contributed by atoms with Crippen LogP contribution in [0.25, 0.3) is 0 Å². The van der Waals surface area contributed by atoms with Gasteiger partial charge in [0.2, 0.25) is 10.0 Å². The van der Waals surface area contributed by atoms with Crippen LogP contribution >= 0.6 is 0 Å². The van der Waals surface area contributed by atoms with Gasteiger partial charge in [-0.05, 0) is 40.5 Å². The van der Waals surface area contributed by atoms with Crippen molar-refractivity contribution in [2.75, 3.05) is 13.2 Å². The number of nitrogens with one attached hydrogen (secondary N) is 1. The van der Waals surface area contributed by atoms with E-state index in [1.165, 1.54) is 0 Å². The molecule has 0 aromatic rings. The molecule has 0 aromatic carbocycles. The molecule has 0 amide bonds. The lowest BCUT2D eigenvalue weighted by Crippen LogP contribution is -2.59. The van der Waals surface area contributed by atoms with Crippen LogP contribution < -0.4 is 4.72 Å². The molecule has 1 fully saturated rings. The molecular formula is C11H23NO4S. The van der Waals surface area contributed by atoms with Gasteiger partial charge in [0.1, 0.15) is 0 Å². The largest absolute Gasteiger partial charge is 0.389 e. The summed E-state index contributed by atoms with van der Waals surface area (Å²) in [6.45, 7) is 7.52. The van der Waals surface area contributed by atoms with Crippen LogP contribution in [0.4, 0.5) is 0 Å².